The van der Waals surface area contributed by atoms with E-state index in [1.54, 1.807) is 12.4 Å². The van der Waals surface area contributed by atoms with Crippen LogP contribution in [0.3, 0.4) is 0 Å². The van der Waals surface area contributed by atoms with Crippen LogP contribution >= 0.6 is 0 Å². The lowest BCUT2D eigenvalue weighted by atomic mass is 9.82. The molecule has 3 rings (SSSR count). The van der Waals surface area contributed by atoms with Crippen LogP contribution in [0.15, 0.2) is 24.5 Å². The normalized spacial score (nSPS) is 30.4. The van der Waals surface area contributed by atoms with Gasteiger partial charge in [0.15, 0.2) is 0 Å². The number of hydrogen-bond donors (Lipinski definition) is 0. The molecule has 0 saturated carbocycles. The van der Waals surface area contributed by atoms with Crippen molar-refractivity contribution in [2.75, 3.05) is 39.2 Å². The lowest BCUT2D eigenvalue weighted by molar-refractivity contribution is 0.101. The van der Waals surface area contributed by atoms with Gasteiger partial charge in [-0.3, -0.25) is 4.98 Å². The van der Waals surface area contributed by atoms with Crippen molar-refractivity contribution in [3.8, 4) is 5.75 Å². The molecule has 0 unspecified atom stereocenters. The zero-order valence-electron chi connectivity index (χ0n) is 11.4. The summed E-state index contributed by atoms with van der Waals surface area (Å²) in [6.45, 7) is 2.59. The van der Waals surface area contributed by atoms with Gasteiger partial charge in [-0.2, -0.15) is 0 Å². The number of pyridine rings is 1. The molecule has 0 aromatic carbocycles. The largest absolute Gasteiger partial charge is 0.491 e. The molecule has 2 aliphatic rings. The quantitative estimate of drug-likeness (QED) is 0.803. The minimum atomic E-state index is -3.16. The van der Waals surface area contributed by atoms with E-state index in [0.717, 1.165) is 0 Å². The standard InChI is InChI=1S/C13H18N2O4S/c1-20(16,17)15-6-11-7-18-9-13(11,8-15)10-19-12-3-2-4-14-5-12/h2-5,11H,6-10H2,1H3/t11-,13-/m1/s1. The molecule has 2 aliphatic heterocycles. The Morgan fingerprint density at radius 1 is 1.60 bits per heavy atom. The van der Waals surface area contributed by atoms with E-state index in [0.29, 0.717) is 38.7 Å². The smallest absolute Gasteiger partial charge is 0.211 e. The highest BCUT2D eigenvalue weighted by Gasteiger charge is 2.53. The third kappa shape index (κ3) is 2.53. The van der Waals surface area contributed by atoms with Crippen molar-refractivity contribution in [1.29, 1.82) is 0 Å². The van der Waals surface area contributed by atoms with Crippen LogP contribution in [0.5, 0.6) is 5.75 Å². The predicted octanol–water partition coefficient (Wildman–Crippen LogP) is 0.368. The Hall–Kier alpha value is -1.18. The number of nitrogens with zero attached hydrogens (tertiary/aromatic N) is 2. The Labute approximate surface area is 118 Å². The van der Waals surface area contributed by atoms with Gasteiger partial charge in [0.25, 0.3) is 0 Å². The molecule has 1 aromatic heterocycles. The monoisotopic (exact) mass is 298 g/mol. The lowest BCUT2D eigenvalue weighted by Gasteiger charge is -2.26. The molecular weight excluding hydrogens is 280 g/mol. The van der Waals surface area contributed by atoms with Crippen molar-refractivity contribution in [3.05, 3.63) is 24.5 Å². The summed E-state index contributed by atoms with van der Waals surface area (Å²) in [6, 6.07) is 3.66. The van der Waals surface area contributed by atoms with Gasteiger partial charge in [0.1, 0.15) is 5.75 Å². The molecule has 0 N–H and O–H groups in total. The topological polar surface area (TPSA) is 68.7 Å². The molecule has 0 bridgehead atoms. The fourth-order valence-electron chi connectivity index (χ4n) is 2.90. The lowest BCUT2D eigenvalue weighted by Crippen LogP contribution is -2.38. The van der Waals surface area contributed by atoms with Gasteiger partial charge < -0.3 is 9.47 Å². The number of sulfonamides is 1. The molecule has 2 atom stereocenters. The molecule has 0 radical (unpaired) electrons. The fourth-order valence-corrected chi connectivity index (χ4v) is 3.84. The second kappa shape index (κ2) is 4.98. The minimum Gasteiger partial charge on any atom is -0.491 e. The van der Waals surface area contributed by atoms with E-state index in [1.807, 2.05) is 12.1 Å². The van der Waals surface area contributed by atoms with E-state index in [9.17, 15) is 8.42 Å². The van der Waals surface area contributed by atoms with Crippen molar-refractivity contribution in [2.24, 2.45) is 11.3 Å². The highest BCUT2D eigenvalue weighted by Crippen LogP contribution is 2.42. The van der Waals surface area contributed by atoms with Crippen LogP contribution in [0, 0.1) is 11.3 Å². The van der Waals surface area contributed by atoms with Crippen molar-refractivity contribution in [1.82, 2.24) is 9.29 Å². The number of aromatic nitrogens is 1. The maximum Gasteiger partial charge on any atom is 0.211 e. The van der Waals surface area contributed by atoms with Crippen molar-refractivity contribution in [3.63, 3.8) is 0 Å². The number of hydrogen-bond acceptors (Lipinski definition) is 5. The molecule has 6 nitrogen and oxygen atoms in total. The summed E-state index contributed by atoms with van der Waals surface area (Å²) in [4.78, 5) is 4.00. The Morgan fingerprint density at radius 2 is 2.45 bits per heavy atom. The van der Waals surface area contributed by atoms with Crippen LogP contribution in [-0.2, 0) is 14.8 Å². The van der Waals surface area contributed by atoms with Crippen LogP contribution in [0.4, 0.5) is 0 Å². The van der Waals surface area contributed by atoms with Gasteiger partial charge in [0.2, 0.25) is 10.0 Å². The van der Waals surface area contributed by atoms with E-state index in [2.05, 4.69) is 4.98 Å². The van der Waals surface area contributed by atoms with E-state index in [-0.39, 0.29) is 11.3 Å². The summed E-state index contributed by atoms with van der Waals surface area (Å²) < 4.78 is 36.3. The molecule has 2 fully saturated rings. The van der Waals surface area contributed by atoms with Gasteiger partial charge in [-0.25, -0.2) is 12.7 Å². The predicted molar refractivity (Wildman–Crippen MR) is 72.9 cm³/mol. The second-order valence-corrected chi connectivity index (χ2v) is 7.59. The number of ether oxygens (including phenoxy) is 2. The van der Waals surface area contributed by atoms with Gasteiger partial charge in [-0.05, 0) is 12.1 Å². The highest BCUT2D eigenvalue weighted by molar-refractivity contribution is 7.88. The first kappa shape index (κ1) is 13.8. The molecule has 110 valence electrons. The summed E-state index contributed by atoms with van der Waals surface area (Å²) in [6.07, 6.45) is 4.60. The van der Waals surface area contributed by atoms with Crippen LogP contribution < -0.4 is 4.74 Å². The summed E-state index contributed by atoms with van der Waals surface area (Å²) in [7, 11) is -3.16. The van der Waals surface area contributed by atoms with E-state index in [4.69, 9.17) is 9.47 Å². The number of fused-ring (bicyclic) bond motifs is 1. The van der Waals surface area contributed by atoms with Gasteiger partial charge in [-0.1, -0.05) is 0 Å². The van der Waals surface area contributed by atoms with Gasteiger partial charge in [0, 0.05) is 30.6 Å². The average Bonchev–Trinajstić information content (AvgIpc) is 2.94. The second-order valence-electron chi connectivity index (χ2n) is 5.61. The highest BCUT2D eigenvalue weighted by atomic mass is 32.2. The molecule has 0 aliphatic carbocycles. The first-order valence-corrected chi connectivity index (χ1v) is 8.40. The molecule has 3 heterocycles. The Morgan fingerprint density at radius 3 is 3.15 bits per heavy atom. The van der Waals surface area contributed by atoms with Gasteiger partial charge in [0.05, 0.1) is 32.3 Å². The molecule has 2 saturated heterocycles. The van der Waals surface area contributed by atoms with Gasteiger partial charge in [-0.15, -0.1) is 0 Å². The maximum atomic E-state index is 11.7. The summed E-state index contributed by atoms with van der Waals surface area (Å²) in [5.74, 6) is 0.902. The Kier molecular flexibility index (Phi) is 3.43. The van der Waals surface area contributed by atoms with E-state index in [1.165, 1.54) is 10.6 Å². The zero-order chi connectivity index (χ0) is 14.2. The maximum absolute atomic E-state index is 11.7. The van der Waals surface area contributed by atoms with Crippen LogP contribution in [-0.4, -0.2) is 56.9 Å². The number of rotatable bonds is 4. The molecule has 0 spiro atoms. The molecule has 20 heavy (non-hydrogen) atoms. The summed E-state index contributed by atoms with van der Waals surface area (Å²) in [5.41, 5.74) is -0.237. The van der Waals surface area contributed by atoms with Crippen molar-refractivity contribution >= 4 is 10.0 Å². The van der Waals surface area contributed by atoms with Crippen LogP contribution in [0.25, 0.3) is 0 Å². The first-order chi connectivity index (χ1) is 9.50. The summed E-state index contributed by atoms with van der Waals surface area (Å²) in [5, 5.41) is 0. The van der Waals surface area contributed by atoms with Crippen molar-refractivity contribution in [2.45, 2.75) is 0 Å². The molecular formula is C13H18N2O4S. The van der Waals surface area contributed by atoms with Gasteiger partial charge >= 0.3 is 0 Å². The molecule has 1 aromatic rings. The average molecular weight is 298 g/mol. The first-order valence-electron chi connectivity index (χ1n) is 6.55. The van der Waals surface area contributed by atoms with Crippen LogP contribution in [0.1, 0.15) is 0 Å². The minimum absolute atomic E-state index is 0.203. The Bertz CT molecular complexity index is 577. The fraction of sp³-hybridized carbons (Fsp3) is 0.615. The Balaban J connectivity index is 1.73. The van der Waals surface area contributed by atoms with Crippen LogP contribution in [0.2, 0.25) is 0 Å². The third-order valence-electron chi connectivity index (χ3n) is 4.12. The summed E-state index contributed by atoms with van der Waals surface area (Å²) >= 11 is 0. The van der Waals surface area contributed by atoms with E-state index < -0.39 is 10.0 Å². The third-order valence-corrected chi connectivity index (χ3v) is 5.34. The molecule has 7 heteroatoms. The SMILES string of the molecule is CS(=O)(=O)N1C[C@@H]2COC[C@@]2(COc2cccnc2)C1. The van der Waals surface area contributed by atoms with E-state index >= 15 is 0 Å². The van der Waals surface area contributed by atoms with Crippen molar-refractivity contribution < 1.29 is 17.9 Å². The molecule has 0 amide bonds. The zero-order valence-corrected chi connectivity index (χ0v) is 12.2.